The van der Waals surface area contributed by atoms with Gasteiger partial charge in [0.2, 0.25) is 0 Å². The van der Waals surface area contributed by atoms with Gasteiger partial charge in [-0.25, -0.2) is 0 Å². The Labute approximate surface area is 348 Å². The van der Waals surface area contributed by atoms with Crippen LogP contribution in [-0.2, 0) is 0 Å². The lowest BCUT2D eigenvalue weighted by Gasteiger charge is -2.26. The van der Waals surface area contributed by atoms with Gasteiger partial charge in [-0.15, -0.1) is 0 Å². The van der Waals surface area contributed by atoms with E-state index in [0.29, 0.717) is 0 Å². The van der Waals surface area contributed by atoms with E-state index in [2.05, 4.69) is 240 Å². The Balaban J connectivity index is 0.980. The molecule has 2 heteroatoms. The number of benzene rings is 11. The molecule has 0 saturated heterocycles. The van der Waals surface area contributed by atoms with E-state index in [4.69, 9.17) is 0 Å². The van der Waals surface area contributed by atoms with Gasteiger partial charge in [-0.1, -0.05) is 164 Å². The van der Waals surface area contributed by atoms with Crippen LogP contribution in [0.4, 0.5) is 17.1 Å². The van der Waals surface area contributed by atoms with Crippen LogP contribution in [0.25, 0.3) is 92.8 Å². The molecule has 0 aliphatic carbocycles. The van der Waals surface area contributed by atoms with Gasteiger partial charge >= 0.3 is 0 Å². The summed E-state index contributed by atoms with van der Waals surface area (Å²) in [6.07, 6.45) is 0. The molecule has 1 aromatic heterocycles. The molecule has 11 aromatic carbocycles. The molecule has 280 valence electrons. The smallest absolute Gasteiger partial charge is 0.0547 e. The maximum atomic E-state index is 2.39. The molecule has 0 bridgehead atoms. The van der Waals surface area contributed by atoms with Gasteiger partial charge in [-0.2, -0.15) is 0 Å². The molecular formula is C58H38N2. The number of fused-ring (bicyclic) bond motifs is 9. The van der Waals surface area contributed by atoms with E-state index in [9.17, 15) is 0 Å². The number of hydrogen-bond acceptors (Lipinski definition) is 1. The van der Waals surface area contributed by atoms with Crippen LogP contribution in [0.15, 0.2) is 231 Å². The standard InChI is InChI=1S/C58H38N2/c1-2-13-46(14-3-1)60-56-19-9-8-17-54(56)58-53(18-10-20-57(58)60)42-27-33-48(34-28-42)59(49-35-29-43-22-21-41-12-5-7-16-51(41)55(43)38-49)47-31-25-39(26-32-47)44-30-36-52-45(37-44)24-23-40-11-4-6-15-50(40)52/h1-38H. The van der Waals surface area contributed by atoms with Crippen LogP contribution in [0.2, 0.25) is 0 Å². The van der Waals surface area contributed by atoms with Crippen molar-refractivity contribution in [2.24, 2.45) is 0 Å². The highest BCUT2D eigenvalue weighted by Crippen LogP contribution is 2.42. The van der Waals surface area contributed by atoms with E-state index in [0.717, 1.165) is 22.7 Å². The van der Waals surface area contributed by atoms with E-state index in [-0.39, 0.29) is 0 Å². The number of hydrogen-bond donors (Lipinski definition) is 0. The van der Waals surface area contributed by atoms with Crippen LogP contribution in [0.1, 0.15) is 0 Å². The second kappa shape index (κ2) is 13.9. The Kier molecular flexibility index (Phi) is 7.89. The van der Waals surface area contributed by atoms with Gasteiger partial charge in [0.25, 0.3) is 0 Å². The molecule has 0 aliphatic rings. The number of nitrogens with zero attached hydrogens (tertiary/aromatic N) is 2. The third kappa shape index (κ3) is 5.57. The van der Waals surface area contributed by atoms with Crippen molar-refractivity contribution in [2.75, 3.05) is 4.90 Å². The molecule has 0 N–H and O–H groups in total. The lowest BCUT2D eigenvalue weighted by molar-refractivity contribution is 1.18. The second-order valence-electron chi connectivity index (χ2n) is 15.7. The van der Waals surface area contributed by atoms with E-state index in [1.165, 1.54) is 87.1 Å². The third-order valence-corrected chi connectivity index (χ3v) is 12.3. The molecule has 2 nitrogen and oxygen atoms in total. The first-order valence-electron chi connectivity index (χ1n) is 20.7. The summed E-state index contributed by atoms with van der Waals surface area (Å²) in [5.74, 6) is 0. The average molecular weight is 763 g/mol. The van der Waals surface area contributed by atoms with Gasteiger partial charge < -0.3 is 9.47 Å². The number of anilines is 3. The van der Waals surface area contributed by atoms with Crippen molar-refractivity contribution in [1.82, 2.24) is 4.57 Å². The molecule has 0 saturated carbocycles. The zero-order chi connectivity index (χ0) is 39.6. The van der Waals surface area contributed by atoms with Crippen LogP contribution < -0.4 is 4.90 Å². The van der Waals surface area contributed by atoms with Gasteiger partial charge in [-0.05, 0) is 132 Å². The van der Waals surface area contributed by atoms with E-state index in [1.54, 1.807) is 0 Å². The molecule has 12 rings (SSSR count). The topological polar surface area (TPSA) is 8.17 Å². The summed E-state index contributed by atoms with van der Waals surface area (Å²) >= 11 is 0. The summed E-state index contributed by atoms with van der Waals surface area (Å²) < 4.78 is 2.39. The molecule has 0 spiro atoms. The van der Waals surface area contributed by atoms with Crippen molar-refractivity contribution in [3.05, 3.63) is 231 Å². The molecule has 1 heterocycles. The van der Waals surface area contributed by atoms with Crippen LogP contribution in [0.3, 0.4) is 0 Å². The van der Waals surface area contributed by atoms with Gasteiger partial charge in [-0.3, -0.25) is 0 Å². The predicted octanol–water partition coefficient (Wildman–Crippen LogP) is 16.2. The summed E-state index contributed by atoms with van der Waals surface area (Å²) in [4.78, 5) is 2.39. The molecule has 0 fully saturated rings. The van der Waals surface area contributed by atoms with Gasteiger partial charge in [0.05, 0.1) is 11.0 Å². The minimum Gasteiger partial charge on any atom is -0.310 e. The fourth-order valence-electron chi connectivity index (χ4n) is 9.48. The number of rotatable bonds is 6. The average Bonchev–Trinajstić information content (AvgIpc) is 3.67. The molecule has 0 amide bonds. The van der Waals surface area contributed by atoms with Crippen molar-refractivity contribution in [3.8, 4) is 27.9 Å². The van der Waals surface area contributed by atoms with Gasteiger partial charge in [0.15, 0.2) is 0 Å². The monoisotopic (exact) mass is 762 g/mol. The SMILES string of the molecule is c1ccc(-n2c3ccccc3c3c(-c4ccc(N(c5ccc(-c6ccc7c(ccc8ccccc87)c6)cc5)c5ccc6ccc7ccccc7c6c5)cc4)cccc32)cc1. The Morgan fingerprint density at radius 1 is 0.283 bits per heavy atom. The Hall–Kier alpha value is -7.94. The van der Waals surface area contributed by atoms with Gasteiger partial charge in [0, 0.05) is 33.5 Å². The normalized spacial score (nSPS) is 11.7. The lowest BCUT2D eigenvalue weighted by atomic mass is 9.97. The fourth-order valence-corrected chi connectivity index (χ4v) is 9.48. The summed E-state index contributed by atoms with van der Waals surface area (Å²) in [7, 11) is 0. The quantitative estimate of drug-likeness (QED) is 0.153. The van der Waals surface area contributed by atoms with Crippen LogP contribution in [-0.4, -0.2) is 4.57 Å². The van der Waals surface area contributed by atoms with Crippen LogP contribution in [0.5, 0.6) is 0 Å². The van der Waals surface area contributed by atoms with Crippen LogP contribution in [0, 0.1) is 0 Å². The highest BCUT2D eigenvalue weighted by Gasteiger charge is 2.18. The van der Waals surface area contributed by atoms with Crippen LogP contribution >= 0.6 is 0 Å². The van der Waals surface area contributed by atoms with Gasteiger partial charge in [0.1, 0.15) is 0 Å². The highest BCUT2D eigenvalue weighted by molar-refractivity contribution is 6.16. The summed E-state index contributed by atoms with van der Waals surface area (Å²) in [5, 5.41) is 12.6. The highest BCUT2D eigenvalue weighted by atomic mass is 15.1. The minimum atomic E-state index is 1.10. The van der Waals surface area contributed by atoms with E-state index in [1.807, 2.05) is 0 Å². The van der Waals surface area contributed by atoms with E-state index >= 15 is 0 Å². The number of aromatic nitrogens is 1. The van der Waals surface area contributed by atoms with Crippen molar-refractivity contribution in [2.45, 2.75) is 0 Å². The van der Waals surface area contributed by atoms with Crippen molar-refractivity contribution in [1.29, 1.82) is 0 Å². The Morgan fingerprint density at radius 3 is 1.53 bits per heavy atom. The first-order valence-corrected chi connectivity index (χ1v) is 20.7. The molecule has 0 aliphatic heterocycles. The minimum absolute atomic E-state index is 1.10. The first kappa shape index (κ1) is 34.1. The Morgan fingerprint density at radius 2 is 0.800 bits per heavy atom. The van der Waals surface area contributed by atoms with E-state index < -0.39 is 0 Å². The molecule has 0 unspecified atom stereocenters. The lowest BCUT2D eigenvalue weighted by Crippen LogP contribution is -2.09. The van der Waals surface area contributed by atoms with Crippen molar-refractivity contribution >= 4 is 82.0 Å². The third-order valence-electron chi connectivity index (χ3n) is 12.3. The molecule has 60 heavy (non-hydrogen) atoms. The summed E-state index contributed by atoms with van der Waals surface area (Å²) in [6.45, 7) is 0. The van der Waals surface area contributed by atoms with Crippen molar-refractivity contribution in [3.63, 3.8) is 0 Å². The molecular weight excluding hydrogens is 725 g/mol. The maximum Gasteiger partial charge on any atom is 0.0547 e. The summed E-state index contributed by atoms with van der Waals surface area (Å²) in [5.41, 5.74) is 11.7. The second-order valence-corrected chi connectivity index (χ2v) is 15.7. The number of para-hydroxylation sites is 2. The predicted molar refractivity (Wildman–Crippen MR) is 256 cm³/mol. The molecule has 12 aromatic rings. The van der Waals surface area contributed by atoms with Crippen molar-refractivity contribution < 1.29 is 0 Å². The fraction of sp³-hybridized carbons (Fsp3) is 0. The zero-order valence-corrected chi connectivity index (χ0v) is 32.8. The maximum absolute atomic E-state index is 2.39. The largest absolute Gasteiger partial charge is 0.310 e. The molecule has 0 atom stereocenters. The summed E-state index contributed by atoms with van der Waals surface area (Å²) in [6, 6.07) is 84.3. The molecule has 0 radical (unpaired) electrons. The first-order chi connectivity index (χ1) is 29.7. The zero-order valence-electron chi connectivity index (χ0n) is 32.8. The Bertz CT molecular complexity index is 3580.